The van der Waals surface area contributed by atoms with Crippen LogP contribution in [0.25, 0.3) is 0 Å². The molecule has 3 rings (SSSR count). The summed E-state index contributed by atoms with van der Waals surface area (Å²) in [5, 5.41) is 11.6. The van der Waals surface area contributed by atoms with Crippen molar-refractivity contribution < 1.29 is 9.12 Å². The van der Waals surface area contributed by atoms with Crippen LogP contribution in [-0.2, 0) is 6.42 Å². The van der Waals surface area contributed by atoms with Gasteiger partial charge in [0.15, 0.2) is 17.5 Å². The summed E-state index contributed by atoms with van der Waals surface area (Å²) in [6, 6.07) is 13.1. The Morgan fingerprint density at radius 3 is 2.50 bits per heavy atom. The van der Waals surface area contributed by atoms with E-state index in [1.54, 1.807) is 42.6 Å². The van der Waals surface area contributed by atoms with Gasteiger partial charge >= 0.3 is 0 Å². The molecule has 1 aromatic carbocycles. The first-order valence-corrected chi connectivity index (χ1v) is 7.61. The predicted molar refractivity (Wildman–Crippen MR) is 91.0 cm³/mol. The second-order valence-corrected chi connectivity index (χ2v) is 5.48. The average Bonchev–Trinajstić information content (AvgIpc) is 2.59. The van der Waals surface area contributed by atoms with E-state index < -0.39 is 0 Å². The van der Waals surface area contributed by atoms with Crippen LogP contribution in [0.2, 0.25) is 5.15 Å². The van der Waals surface area contributed by atoms with E-state index in [0.29, 0.717) is 27.7 Å². The van der Waals surface area contributed by atoms with Crippen LogP contribution in [0.4, 0.5) is 10.1 Å². The van der Waals surface area contributed by atoms with Gasteiger partial charge in [-0.3, -0.25) is 0 Å². The number of rotatable bonds is 4. The number of pyridine rings is 2. The largest absolute Gasteiger partial charge is 0.619 e. The second-order valence-electron chi connectivity index (χ2n) is 5.12. The maximum atomic E-state index is 13.1. The predicted octanol–water partition coefficient (Wildman–Crippen LogP) is 3.87. The number of benzene rings is 1. The molecule has 0 N–H and O–H groups in total. The lowest BCUT2D eigenvalue weighted by Gasteiger charge is -2.08. The molecule has 2 aromatic heterocycles. The van der Waals surface area contributed by atoms with Crippen molar-refractivity contribution in [3.8, 4) is 0 Å². The van der Waals surface area contributed by atoms with Crippen molar-refractivity contribution in [1.82, 2.24) is 4.98 Å². The zero-order chi connectivity index (χ0) is 16.9. The SMILES string of the molecule is [O-][n+]1ccc(C(Cc2ccc(F)cc2)=Nc2cccnc2Cl)cc1. The summed E-state index contributed by atoms with van der Waals surface area (Å²) in [4.78, 5) is 8.61. The van der Waals surface area contributed by atoms with Gasteiger partial charge in [0.05, 0.1) is 5.71 Å². The molecular weight excluding hydrogens is 329 g/mol. The topological polar surface area (TPSA) is 52.2 Å². The third-order valence-electron chi connectivity index (χ3n) is 3.41. The first-order valence-electron chi connectivity index (χ1n) is 7.23. The minimum atomic E-state index is -0.292. The van der Waals surface area contributed by atoms with E-state index >= 15 is 0 Å². The van der Waals surface area contributed by atoms with Gasteiger partial charge in [0.1, 0.15) is 11.5 Å². The summed E-state index contributed by atoms with van der Waals surface area (Å²) in [7, 11) is 0. The standard InChI is InChI=1S/C18H13ClFN3O/c19-18-16(2-1-9-21-18)22-17(14-7-10-23(24)11-8-14)12-13-3-5-15(20)6-4-13/h1-11H,12H2. The maximum absolute atomic E-state index is 13.1. The third-order valence-corrected chi connectivity index (χ3v) is 3.71. The highest BCUT2D eigenvalue weighted by Gasteiger charge is 2.09. The summed E-state index contributed by atoms with van der Waals surface area (Å²) in [5.74, 6) is -0.292. The van der Waals surface area contributed by atoms with Crippen LogP contribution in [-0.4, -0.2) is 10.7 Å². The zero-order valence-electron chi connectivity index (χ0n) is 12.6. The Morgan fingerprint density at radius 1 is 1.12 bits per heavy atom. The Kier molecular flexibility index (Phi) is 4.82. The molecule has 120 valence electrons. The van der Waals surface area contributed by atoms with Crippen molar-refractivity contribution in [3.05, 3.63) is 94.4 Å². The molecule has 0 atom stereocenters. The van der Waals surface area contributed by atoms with E-state index in [-0.39, 0.29) is 5.82 Å². The molecule has 0 fully saturated rings. The molecule has 0 unspecified atom stereocenters. The lowest BCUT2D eigenvalue weighted by molar-refractivity contribution is -0.605. The monoisotopic (exact) mass is 341 g/mol. The number of aliphatic imine (C=N–C) groups is 1. The Hall–Kier alpha value is -2.79. The van der Waals surface area contributed by atoms with Crippen molar-refractivity contribution in [2.45, 2.75) is 6.42 Å². The normalized spacial score (nSPS) is 11.5. The van der Waals surface area contributed by atoms with Crippen molar-refractivity contribution in [2.24, 2.45) is 4.99 Å². The highest BCUT2D eigenvalue weighted by molar-refractivity contribution is 6.31. The molecule has 0 radical (unpaired) electrons. The smallest absolute Gasteiger partial charge is 0.181 e. The van der Waals surface area contributed by atoms with E-state index in [1.165, 1.54) is 24.5 Å². The highest BCUT2D eigenvalue weighted by atomic mass is 35.5. The molecule has 0 aliphatic heterocycles. The molecule has 0 saturated carbocycles. The molecule has 0 amide bonds. The van der Waals surface area contributed by atoms with Crippen molar-refractivity contribution in [3.63, 3.8) is 0 Å². The molecular formula is C18H13ClFN3O. The Morgan fingerprint density at radius 2 is 1.83 bits per heavy atom. The lowest BCUT2D eigenvalue weighted by Crippen LogP contribution is -2.24. The fraction of sp³-hybridized carbons (Fsp3) is 0.0556. The molecule has 4 nitrogen and oxygen atoms in total. The van der Waals surface area contributed by atoms with Crippen LogP contribution >= 0.6 is 11.6 Å². The second kappa shape index (κ2) is 7.19. The lowest BCUT2D eigenvalue weighted by atomic mass is 10.0. The Balaban J connectivity index is 2.01. The first-order chi connectivity index (χ1) is 11.6. The summed E-state index contributed by atoms with van der Waals surface area (Å²) >= 11 is 6.08. The Bertz CT molecular complexity index is 864. The van der Waals surface area contributed by atoms with Crippen LogP contribution in [0, 0.1) is 11.0 Å². The van der Waals surface area contributed by atoms with E-state index in [0.717, 1.165) is 11.1 Å². The molecule has 0 aliphatic carbocycles. The minimum absolute atomic E-state index is 0.292. The zero-order valence-corrected chi connectivity index (χ0v) is 13.3. The van der Waals surface area contributed by atoms with Gasteiger partial charge in [-0.05, 0) is 29.8 Å². The van der Waals surface area contributed by atoms with Crippen LogP contribution in [0.1, 0.15) is 11.1 Å². The van der Waals surface area contributed by atoms with Gasteiger partial charge in [-0.15, -0.1) is 0 Å². The number of aromatic nitrogens is 2. The molecule has 0 aliphatic rings. The fourth-order valence-corrected chi connectivity index (χ4v) is 2.37. The Labute approximate surface area is 143 Å². The van der Waals surface area contributed by atoms with E-state index in [1.807, 2.05) is 0 Å². The van der Waals surface area contributed by atoms with Crippen molar-refractivity contribution in [2.75, 3.05) is 0 Å². The fourth-order valence-electron chi connectivity index (χ4n) is 2.21. The quantitative estimate of drug-likeness (QED) is 0.313. The van der Waals surface area contributed by atoms with Gasteiger partial charge in [0.25, 0.3) is 0 Å². The van der Waals surface area contributed by atoms with Crippen molar-refractivity contribution >= 4 is 23.0 Å². The van der Waals surface area contributed by atoms with Gasteiger partial charge in [-0.1, -0.05) is 23.7 Å². The van der Waals surface area contributed by atoms with Gasteiger partial charge in [-0.2, -0.15) is 4.73 Å². The molecule has 3 aromatic rings. The summed E-state index contributed by atoms with van der Waals surface area (Å²) in [6.45, 7) is 0. The summed E-state index contributed by atoms with van der Waals surface area (Å²) in [6.07, 6.45) is 4.86. The summed E-state index contributed by atoms with van der Waals surface area (Å²) in [5.41, 5.74) is 2.92. The van der Waals surface area contributed by atoms with E-state index in [4.69, 9.17) is 11.6 Å². The van der Waals surface area contributed by atoms with Crippen LogP contribution < -0.4 is 4.73 Å². The van der Waals surface area contributed by atoms with E-state index in [2.05, 4.69) is 9.98 Å². The molecule has 24 heavy (non-hydrogen) atoms. The molecule has 2 heterocycles. The number of hydrogen-bond donors (Lipinski definition) is 0. The first kappa shape index (κ1) is 16.1. The third kappa shape index (κ3) is 3.94. The maximum Gasteiger partial charge on any atom is 0.181 e. The van der Waals surface area contributed by atoms with Gasteiger partial charge in [0.2, 0.25) is 0 Å². The molecule has 0 saturated heterocycles. The molecule has 0 spiro atoms. The van der Waals surface area contributed by atoms with Crippen molar-refractivity contribution in [1.29, 1.82) is 0 Å². The highest BCUT2D eigenvalue weighted by Crippen LogP contribution is 2.23. The van der Waals surface area contributed by atoms with E-state index in [9.17, 15) is 9.60 Å². The average molecular weight is 342 g/mol. The van der Waals surface area contributed by atoms with Crippen LogP contribution in [0.15, 0.2) is 72.1 Å². The molecule has 6 heteroatoms. The van der Waals surface area contributed by atoms with Gasteiger partial charge in [0, 0.05) is 30.3 Å². The molecule has 0 bridgehead atoms. The van der Waals surface area contributed by atoms with Gasteiger partial charge in [-0.25, -0.2) is 14.4 Å². The summed E-state index contributed by atoms with van der Waals surface area (Å²) < 4.78 is 13.8. The van der Waals surface area contributed by atoms with Crippen LogP contribution in [0.3, 0.4) is 0 Å². The van der Waals surface area contributed by atoms with Gasteiger partial charge < -0.3 is 5.21 Å². The number of halogens is 2. The van der Waals surface area contributed by atoms with Crippen LogP contribution in [0.5, 0.6) is 0 Å². The number of nitrogens with zero attached hydrogens (tertiary/aromatic N) is 3. The number of hydrogen-bond acceptors (Lipinski definition) is 3. The minimum Gasteiger partial charge on any atom is -0.619 e.